The van der Waals surface area contributed by atoms with Crippen LogP contribution < -0.4 is 0 Å². The SMILES string of the molecule is CCCCCN(CCC(=O)O)C(=O)C1CC1. The first-order chi connectivity index (χ1) is 7.65. The summed E-state index contributed by atoms with van der Waals surface area (Å²) in [6, 6.07) is 0. The van der Waals surface area contributed by atoms with Gasteiger partial charge in [0.2, 0.25) is 5.91 Å². The highest BCUT2D eigenvalue weighted by Gasteiger charge is 2.33. The molecular weight excluding hydrogens is 206 g/mol. The van der Waals surface area contributed by atoms with Crippen molar-refractivity contribution in [3.05, 3.63) is 0 Å². The Morgan fingerprint density at radius 2 is 1.94 bits per heavy atom. The molecule has 1 aliphatic carbocycles. The number of amides is 1. The molecule has 4 heteroatoms. The molecule has 92 valence electrons. The van der Waals surface area contributed by atoms with E-state index in [2.05, 4.69) is 6.92 Å². The summed E-state index contributed by atoms with van der Waals surface area (Å²) in [6.45, 7) is 3.20. The lowest BCUT2D eigenvalue weighted by molar-refractivity contribution is -0.138. The van der Waals surface area contributed by atoms with E-state index in [4.69, 9.17) is 5.11 Å². The monoisotopic (exact) mass is 227 g/mol. The van der Waals surface area contributed by atoms with Crippen molar-refractivity contribution in [3.8, 4) is 0 Å². The van der Waals surface area contributed by atoms with Crippen molar-refractivity contribution < 1.29 is 14.7 Å². The molecule has 16 heavy (non-hydrogen) atoms. The van der Waals surface area contributed by atoms with E-state index in [0.29, 0.717) is 6.54 Å². The van der Waals surface area contributed by atoms with Gasteiger partial charge in [-0.3, -0.25) is 9.59 Å². The lowest BCUT2D eigenvalue weighted by atomic mass is 10.2. The van der Waals surface area contributed by atoms with Gasteiger partial charge in [0.15, 0.2) is 0 Å². The Hall–Kier alpha value is -1.06. The Bertz CT molecular complexity index is 249. The van der Waals surface area contributed by atoms with Crippen LogP contribution in [-0.2, 0) is 9.59 Å². The summed E-state index contributed by atoms with van der Waals surface area (Å²) >= 11 is 0. The van der Waals surface area contributed by atoms with Gasteiger partial charge in [0.25, 0.3) is 0 Å². The second kappa shape index (κ2) is 6.51. The summed E-state index contributed by atoms with van der Waals surface area (Å²) in [5.41, 5.74) is 0. The molecule has 1 N–H and O–H groups in total. The van der Waals surface area contributed by atoms with Gasteiger partial charge in [0.1, 0.15) is 0 Å². The highest BCUT2D eigenvalue weighted by molar-refractivity contribution is 5.81. The molecule has 0 radical (unpaired) electrons. The number of rotatable bonds is 8. The fourth-order valence-electron chi connectivity index (χ4n) is 1.70. The zero-order valence-corrected chi connectivity index (χ0v) is 9.95. The smallest absolute Gasteiger partial charge is 0.305 e. The molecule has 1 aliphatic rings. The van der Waals surface area contributed by atoms with E-state index >= 15 is 0 Å². The number of carbonyl (C=O) groups is 2. The summed E-state index contributed by atoms with van der Waals surface area (Å²) in [4.78, 5) is 24.1. The van der Waals surface area contributed by atoms with Crippen molar-refractivity contribution >= 4 is 11.9 Å². The third kappa shape index (κ3) is 4.64. The lowest BCUT2D eigenvalue weighted by Gasteiger charge is -2.21. The van der Waals surface area contributed by atoms with Crippen LogP contribution in [0.4, 0.5) is 0 Å². The van der Waals surface area contributed by atoms with Gasteiger partial charge in [-0.15, -0.1) is 0 Å². The maximum atomic E-state index is 11.8. The number of carboxylic acid groups (broad SMARTS) is 1. The number of unbranched alkanes of at least 4 members (excludes halogenated alkanes) is 2. The van der Waals surface area contributed by atoms with Crippen LogP contribution in [0.25, 0.3) is 0 Å². The molecule has 0 atom stereocenters. The van der Waals surface area contributed by atoms with Crippen LogP contribution >= 0.6 is 0 Å². The Kier molecular flexibility index (Phi) is 5.29. The third-order valence-electron chi connectivity index (χ3n) is 2.87. The highest BCUT2D eigenvalue weighted by atomic mass is 16.4. The molecule has 0 heterocycles. The molecule has 0 aromatic carbocycles. The number of carboxylic acids is 1. The Labute approximate surface area is 96.6 Å². The number of hydrogen-bond acceptors (Lipinski definition) is 2. The van der Waals surface area contributed by atoms with E-state index in [1.54, 1.807) is 4.90 Å². The van der Waals surface area contributed by atoms with Gasteiger partial charge in [-0.25, -0.2) is 0 Å². The topological polar surface area (TPSA) is 57.6 Å². The molecule has 0 bridgehead atoms. The van der Waals surface area contributed by atoms with E-state index in [9.17, 15) is 9.59 Å². The number of hydrogen-bond donors (Lipinski definition) is 1. The Morgan fingerprint density at radius 3 is 2.44 bits per heavy atom. The van der Waals surface area contributed by atoms with Crippen LogP contribution in [0.5, 0.6) is 0 Å². The summed E-state index contributed by atoms with van der Waals surface area (Å²) in [6.07, 6.45) is 5.22. The fourth-order valence-corrected chi connectivity index (χ4v) is 1.70. The molecule has 0 saturated heterocycles. The number of carbonyl (C=O) groups excluding carboxylic acids is 1. The van der Waals surface area contributed by atoms with Crippen molar-refractivity contribution in [1.82, 2.24) is 4.90 Å². The van der Waals surface area contributed by atoms with Crippen LogP contribution in [0, 0.1) is 5.92 Å². The molecule has 1 fully saturated rings. The second-order valence-corrected chi connectivity index (χ2v) is 4.45. The van der Waals surface area contributed by atoms with E-state index in [0.717, 1.165) is 38.6 Å². The molecule has 1 rings (SSSR count). The van der Waals surface area contributed by atoms with Crippen molar-refractivity contribution in [2.75, 3.05) is 13.1 Å². The molecular formula is C12H21NO3. The fraction of sp³-hybridized carbons (Fsp3) is 0.833. The molecule has 0 aromatic rings. The van der Waals surface area contributed by atoms with Gasteiger partial charge in [-0.05, 0) is 19.3 Å². The van der Waals surface area contributed by atoms with Crippen molar-refractivity contribution in [2.24, 2.45) is 5.92 Å². The Balaban J connectivity index is 2.33. The van der Waals surface area contributed by atoms with Crippen LogP contribution in [0.2, 0.25) is 0 Å². The summed E-state index contributed by atoms with van der Waals surface area (Å²) in [7, 11) is 0. The van der Waals surface area contributed by atoms with Gasteiger partial charge in [0.05, 0.1) is 6.42 Å². The zero-order valence-electron chi connectivity index (χ0n) is 9.95. The van der Waals surface area contributed by atoms with Crippen molar-refractivity contribution in [2.45, 2.75) is 45.4 Å². The van der Waals surface area contributed by atoms with Gasteiger partial charge < -0.3 is 10.0 Å². The van der Waals surface area contributed by atoms with Crippen molar-refractivity contribution in [1.29, 1.82) is 0 Å². The molecule has 1 amide bonds. The number of nitrogens with zero attached hydrogens (tertiary/aromatic N) is 1. The normalized spacial score (nSPS) is 14.8. The van der Waals surface area contributed by atoms with E-state index in [1.807, 2.05) is 0 Å². The van der Waals surface area contributed by atoms with Gasteiger partial charge in [-0.2, -0.15) is 0 Å². The minimum Gasteiger partial charge on any atom is -0.481 e. The second-order valence-electron chi connectivity index (χ2n) is 4.45. The van der Waals surface area contributed by atoms with Crippen LogP contribution in [0.15, 0.2) is 0 Å². The summed E-state index contributed by atoms with van der Waals surface area (Å²) < 4.78 is 0. The van der Waals surface area contributed by atoms with Gasteiger partial charge in [0, 0.05) is 19.0 Å². The standard InChI is InChI=1S/C12H21NO3/c1-2-3-4-8-13(9-7-11(14)15)12(16)10-5-6-10/h10H,2-9H2,1H3,(H,14,15). The van der Waals surface area contributed by atoms with Crippen molar-refractivity contribution in [3.63, 3.8) is 0 Å². The van der Waals surface area contributed by atoms with Crippen LogP contribution in [-0.4, -0.2) is 35.0 Å². The Morgan fingerprint density at radius 1 is 1.25 bits per heavy atom. The van der Waals surface area contributed by atoms with Crippen LogP contribution in [0.1, 0.15) is 45.4 Å². The first kappa shape index (κ1) is 13.0. The minimum absolute atomic E-state index is 0.0601. The minimum atomic E-state index is -0.830. The largest absolute Gasteiger partial charge is 0.481 e. The average Bonchev–Trinajstić information content (AvgIpc) is 3.05. The highest BCUT2D eigenvalue weighted by Crippen LogP contribution is 2.31. The molecule has 0 spiro atoms. The molecule has 0 aliphatic heterocycles. The lowest BCUT2D eigenvalue weighted by Crippen LogP contribution is -2.35. The molecule has 1 saturated carbocycles. The maximum Gasteiger partial charge on any atom is 0.305 e. The van der Waals surface area contributed by atoms with Gasteiger partial charge >= 0.3 is 5.97 Å². The summed E-state index contributed by atoms with van der Waals surface area (Å²) in [5.74, 6) is -0.475. The first-order valence-corrected chi connectivity index (χ1v) is 6.15. The molecule has 4 nitrogen and oxygen atoms in total. The van der Waals surface area contributed by atoms with E-state index in [-0.39, 0.29) is 18.2 Å². The predicted octanol–water partition coefficient (Wildman–Crippen LogP) is 1.89. The first-order valence-electron chi connectivity index (χ1n) is 6.15. The average molecular weight is 227 g/mol. The van der Waals surface area contributed by atoms with E-state index < -0.39 is 5.97 Å². The van der Waals surface area contributed by atoms with Crippen LogP contribution in [0.3, 0.4) is 0 Å². The third-order valence-corrected chi connectivity index (χ3v) is 2.87. The zero-order chi connectivity index (χ0) is 12.0. The predicted molar refractivity (Wildman–Crippen MR) is 61.1 cm³/mol. The quantitative estimate of drug-likeness (QED) is 0.644. The van der Waals surface area contributed by atoms with Gasteiger partial charge in [-0.1, -0.05) is 19.8 Å². The summed E-state index contributed by atoms with van der Waals surface area (Å²) in [5, 5.41) is 8.63. The molecule has 0 unspecified atom stereocenters. The van der Waals surface area contributed by atoms with E-state index in [1.165, 1.54) is 0 Å². The number of aliphatic carboxylic acids is 1. The maximum absolute atomic E-state index is 11.8. The molecule has 0 aromatic heterocycles.